The fourth-order valence-corrected chi connectivity index (χ4v) is 3.42. The Balaban J connectivity index is 2.02. The van der Waals surface area contributed by atoms with Crippen LogP contribution >= 0.6 is 0 Å². The normalized spacial score (nSPS) is 21.3. The van der Waals surface area contributed by atoms with Crippen molar-refractivity contribution in [2.24, 2.45) is 0 Å². The second-order valence-electron chi connectivity index (χ2n) is 6.16. The first-order chi connectivity index (χ1) is 11.1. The Morgan fingerprint density at radius 3 is 2.70 bits per heavy atom. The molecule has 0 radical (unpaired) electrons. The van der Waals surface area contributed by atoms with Gasteiger partial charge in [-0.25, -0.2) is 0 Å². The SMILES string of the molecule is CN(C)C(=O)C1(c2cnccn2)CCCN1Cc1ccccc1. The smallest absolute Gasteiger partial charge is 0.248 e. The molecule has 0 saturated carbocycles. The Morgan fingerprint density at radius 1 is 1.26 bits per heavy atom. The van der Waals surface area contributed by atoms with Crippen molar-refractivity contribution >= 4 is 5.91 Å². The maximum atomic E-state index is 13.1. The van der Waals surface area contributed by atoms with Gasteiger partial charge in [0.25, 0.3) is 0 Å². The Morgan fingerprint density at radius 2 is 2.04 bits per heavy atom. The minimum absolute atomic E-state index is 0.0754. The number of aromatic nitrogens is 2. The number of hydrogen-bond acceptors (Lipinski definition) is 4. The summed E-state index contributed by atoms with van der Waals surface area (Å²) in [4.78, 5) is 25.7. The van der Waals surface area contributed by atoms with E-state index in [1.165, 1.54) is 5.56 Å². The standard InChI is InChI=1S/C18H22N4O/c1-21(2)17(23)18(16-13-19-10-11-20-16)9-6-12-22(18)14-15-7-4-3-5-8-15/h3-5,7-8,10-11,13H,6,9,12,14H2,1-2H3. The third-order valence-electron chi connectivity index (χ3n) is 4.47. The van der Waals surface area contributed by atoms with Crippen LogP contribution < -0.4 is 0 Å². The number of benzene rings is 1. The lowest BCUT2D eigenvalue weighted by Crippen LogP contribution is -2.52. The lowest BCUT2D eigenvalue weighted by atomic mass is 9.90. The van der Waals surface area contributed by atoms with Crippen molar-refractivity contribution in [1.82, 2.24) is 19.8 Å². The van der Waals surface area contributed by atoms with Crippen LogP contribution in [0.25, 0.3) is 0 Å². The van der Waals surface area contributed by atoms with Gasteiger partial charge >= 0.3 is 0 Å². The number of hydrogen-bond donors (Lipinski definition) is 0. The second kappa shape index (κ2) is 6.46. The molecule has 0 spiro atoms. The van der Waals surface area contributed by atoms with Crippen LogP contribution in [0.4, 0.5) is 0 Å². The predicted octanol–water partition coefficient (Wildman–Crippen LogP) is 2.06. The van der Waals surface area contributed by atoms with E-state index >= 15 is 0 Å². The number of likely N-dealkylation sites (tertiary alicyclic amines) is 1. The molecular weight excluding hydrogens is 288 g/mol. The average Bonchev–Trinajstić information content (AvgIpc) is 3.00. The maximum absolute atomic E-state index is 13.1. The van der Waals surface area contributed by atoms with Crippen LogP contribution in [-0.4, -0.2) is 46.3 Å². The molecule has 5 heteroatoms. The Hall–Kier alpha value is -2.27. The van der Waals surface area contributed by atoms with Gasteiger partial charge in [-0.15, -0.1) is 0 Å². The molecular formula is C18H22N4O. The molecule has 1 atom stereocenters. The maximum Gasteiger partial charge on any atom is 0.248 e. The molecule has 0 aliphatic carbocycles. The monoisotopic (exact) mass is 310 g/mol. The van der Waals surface area contributed by atoms with Gasteiger partial charge in [-0.3, -0.25) is 19.7 Å². The van der Waals surface area contributed by atoms with Gasteiger partial charge in [0.2, 0.25) is 5.91 Å². The second-order valence-corrected chi connectivity index (χ2v) is 6.16. The van der Waals surface area contributed by atoms with Crippen LogP contribution in [0.3, 0.4) is 0 Å². The van der Waals surface area contributed by atoms with Crippen LogP contribution in [0, 0.1) is 0 Å². The molecule has 1 aliphatic heterocycles. The van der Waals surface area contributed by atoms with E-state index in [1.54, 1.807) is 37.6 Å². The first-order valence-electron chi connectivity index (χ1n) is 7.92. The summed E-state index contributed by atoms with van der Waals surface area (Å²) < 4.78 is 0. The Bertz CT molecular complexity index is 659. The van der Waals surface area contributed by atoms with Gasteiger partial charge in [0.05, 0.1) is 11.9 Å². The van der Waals surface area contributed by atoms with Crippen molar-refractivity contribution in [1.29, 1.82) is 0 Å². The molecule has 0 N–H and O–H groups in total. The fourth-order valence-electron chi connectivity index (χ4n) is 3.42. The molecule has 23 heavy (non-hydrogen) atoms. The molecule has 1 unspecified atom stereocenters. The minimum Gasteiger partial charge on any atom is -0.347 e. The first kappa shape index (κ1) is 15.6. The molecule has 2 aromatic rings. The van der Waals surface area contributed by atoms with Gasteiger partial charge < -0.3 is 4.90 Å². The van der Waals surface area contributed by atoms with Crippen molar-refractivity contribution in [3.05, 3.63) is 60.2 Å². The van der Waals surface area contributed by atoms with Gasteiger partial charge in [0, 0.05) is 33.0 Å². The van der Waals surface area contributed by atoms with Gasteiger partial charge in [0.1, 0.15) is 5.54 Å². The number of likely N-dealkylation sites (N-methyl/N-ethyl adjacent to an activating group) is 1. The van der Waals surface area contributed by atoms with Gasteiger partial charge in [-0.05, 0) is 24.9 Å². The average molecular weight is 310 g/mol. The predicted molar refractivity (Wildman–Crippen MR) is 88.5 cm³/mol. The summed E-state index contributed by atoms with van der Waals surface area (Å²) in [5.41, 5.74) is 1.23. The topological polar surface area (TPSA) is 49.3 Å². The zero-order valence-corrected chi connectivity index (χ0v) is 13.6. The van der Waals surface area contributed by atoms with E-state index in [1.807, 2.05) is 18.2 Å². The molecule has 1 aliphatic rings. The van der Waals surface area contributed by atoms with Crippen LogP contribution in [0.1, 0.15) is 24.1 Å². The highest BCUT2D eigenvalue weighted by Crippen LogP contribution is 2.40. The molecule has 1 fully saturated rings. The van der Waals surface area contributed by atoms with Crippen molar-refractivity contribution in [2.75, 3.05) is 20.6 Å². The molecule has 1 amide bonds. The molecule has 120 valence electrons. The van der Waals surface area contributed by atoms with Gasteiger partial charge in [-0.1, -0.05) is 30.3 Å². The Labute approximate surface area is 137 Å². The van der Waals surface area contributed by atoms with Crippen molar-refractivity contribution in [3.8, 4) is 0 Å². The van der Waals surface area contributed by atoms with E-state index in [0.717, 1.165) is 31.6 Å². The van der Waals surface area contributed by atoms with E-state index in [2.05, 4.69) is 27.0 Å². The summed E-state index contributed by atoms with van der Waals surface area (Å²) >= 11 is 0. The number of amides is 1. The number of carbonyl (C=O) groups is 1. The van der Waals surface area contributed by atoms with Gasteiger partial charge in [-0.2, -0.15) is 0 Å². The summed E-state index contributed by atoms with van der Waals surface area (Å²) in [5, 5.41) is 0. The molecule has 1 saturated heterocycles. The largest absolute Gasteiger partial charge is 0.347 e. The summed E-state index contributed by atoms with van der Waals surface area (Å²) in [6.45, 7) is 1.61. The van der Waals surface area contributed by atoms with Crippen molar-refractivity contribution in [3.63, 3.8) is 0 Å². The van der Waals surface area contributed by atoms with E-state index in [4.69, 9.17) is 0 Å². The third-order valence-corrected chi connectivity index (χ3v) is 4.47. The quantitative estimate of drug-likeness (QED) is 0.867. The number of carbonyl (C=O) groups excluding carboxylic acids is 1. The molecule has 2 heterocycles. The van der Waals surface area contributed by atoms with Crippen LogP contribution in [0.5, 0.6) is 0 Å². The highest BCUT2D eigenvalue weighted by molar-refractivity contribution is 5.87. The van der Waals surface area contributed by atoms with Crippen molar-refractivity contribution in [2.45, 2.75) is 24.9 Å². The lowest BCUT2D eigenvalue weighted by Gasteiger charge is -2.38. The molecule has 1 aromatic heterocycles. The van der Waals surface area contributed by atoms with Gasteiger partial charge in [0.15, 0.2) is 0 Å². The van der Waals surface area contributed by atoms with E-state index in [9.17, 15) is 4.79 Å². The third kappa shape index (κ3) is 2.84. The lowest BCUT2D eigenvalue weighted by molar-refractivity contribution is -0.141. The Kier molecular flexibility index (Phi) is 4.39. The summed E-state index contributed by atoms with van der Waals surface area (Å²) in [6.07, 6.45) is 6.79. The van der Waals surface area contributed by atoms with Crippen LogP contribution in [-0.2, 0) is 16.9 Å². The number of rotatable bonds is 4. The molecule has 3 rings (SSSR count). The minimum atomic E-state index is -0.715. The van der Waals surface area contributed by atoms with Crippen LogP contribution in [0.2, 0.25) is 0 Å². The summed E-state index contributed by atoms with van der Waals surface area (Å²) in [6, 6.07) is 10.3. The summed E-state index contributed by atoms with van der Waals surface area (Å²) in [7, 11) is 3.61. The zero-order chi connectivity index (χ0) is 16.3. The van der Waals surface area contributed by atoms with Crippen LogP contribution in [0.15, 0.2) is 48.9 Å². The molecule has 0 bridgehead atoms. The fraction of sp³-hybridized carbons (Fsp3) is 0.389. The highest BCUT2D eigenvalue weighted by atomic mass is 16.2. The first-order valence-corrected chi connectivity index (χ1v) is 7.92. The molecule has 5 nitrogen and oxygen atoms in total. The number of nitrogens with zero attached hydrogens (tertiary/aromatic N) is 4. The van der Waals surface area contributed by atoms with Crippen molar-refractivity contribution < 1.29 is 4.79 Å². The molecule has 1 aromatic carbocycles. The van der Waals surface area contributed by atoms with E-state index < -0.39 is 5.54 Å². The summed E-state index contributed by atoms with van der Waals surface area (Å²) in [5.74, 6) is 0.0754. The van der Waals surface area contributed by atoms with E-state index in [-0.39, 0.29) is 5.91 Å². The zero-order valence-electron chi connectivity index (χ0n) is 13.6. The highest BCUT2D eigenvalue weighted by Gasteiger charge is 2.50. The van der Waals surface area contributed by atoms with E-state index in [0.29, 0.717) is 0 Å².